The van der Waals surface area contributed by atoms with E-state index >= 15 is 0 Å². The maximum absolute atomic E-state index is 5.96. The molecule has 164 valence electrons. The van der Waals surface area contributed by atoms with Crippen LogP contribution in [0, 0.1) is 6.92 Å². The predicted octanol–water partition coefficient (Wildman–Crippen LogP) is 3.29. The summed E-state index contributed by atoms with van der Waals surface area (Å²) in [6.07, 6.45) is 0.850. The van der Waals surface area contributed by atoms with E-state index < -0.39 is 0 Å². The monoisotopic (exact) mass is 415 g/mol. The van der Waals surface area contributed by atoms with Crippen molar-refractivity contribution in [2.24, 2.45) is 4.99 Å². The SMILES string of the molecule is CN=C(NCc1ccc(C)cc1OCCCOC)NCc1cccc(OC)c1OC. The van der Waals surface area contributed by atoms with Crippen molar-refractivity contribution in [1.29, 1.82) is 0 Å². The van der Waals surface area contributed by atoms with Crippen LogP contribution < -0.4 is 24.8 Å². The van der Waals surface area contributed by atoms with Crippen LogP contribution in [0.2, 0.25) is 0 Å². The van der Waals surface area contributed by atoms with E-state index in [0.717, 1.165) is 28.9 Å². The Morgan fingerprint density at radius 3 is 2.33 bits per heavy atom. The van der Waals surface area contributed by atoms with Crippen LogP contribution in [0.1, 0.15) is 23.1 Å². The van der Waals surface area contributed by atoms with Gasteiger partial charge in [0.2, 0.25) is 0 Å². The van der Waals surface area contributed by atoms with Gasteiger partial charge in [0.25, 0.3) is 0 Å². The first-order chi connectivity index (χ1) is 14.6. The Balaban J connectivity index is 1.98. The first-order valence-electron chi connectivity index (χ1n) is 9.98. The summed E-state index contributed by atoms with van der Waals surface area (Å²) in [5.74, 6) is 2.98. The van der Waals surface area contributed by atoms with Gasteiger partial charge in [-0.25, -0.2) is 0 Å². The lowest BCUT2D eigenvalue weighted by Crippen LogP contribution is -2.36. The molecule has 0 amide bonds. The first-order valence-corrected chi connectivity index (χ1v) is 9.98. The number of hydrogen-bond donors (Lipinski definition) is 2. The molecular weight excluding hydrogens is 382 g/mol. The van der Waals surface area contributed by atoms with E-state index in [0.29, 0.717) is 43.8 Å². The molecule has 0 fully saturated rings. The normalized spacial score (nSPS) is 11.2. The molecule has 0 radical (unpaired) electrons. The zero-order chi connectivity index (χ0) is 21.8. The summed E-state index contributed by atoms with van der Waals surface area (Å²) in [7, 11) is 6.71. The molecule has 2 aromatic carbocycles. The van der Waals surface area contributed by atoms with Crippen LogP contribution in [0.3, 0.4) is 0 Å². The third-order valence-electron chi connectivity index (χ3n) is 4.57. The number of ether oxygens (including phenoxy) is 4. The van der Waals surface area contributed by atoms with Gasteiger partial charge in [-0.2, -0.15) is 0 Å². The topological polar surface area (TPSA) is 73.3 Å². The quantitative estimate of drug-likeness (QED) is 0.333. The Labute approximate surface area is 179 Å². The Kier molecular flexibility index (Phi) is 9.80. The molecule has 0 aromatic heterocycles. The molecule has 0 saturated heterocycles. The summed E-state index contributed by atoms with van der Waals surface area (Å²) in [5.41, 5.74) is 3.21. The van der Waals surface area contributed by atoms with Gasteiger partial charge < -0.3 is 29.6 Å². The molecule has 2 N–H and O–H groups in total. The second kappa shape index (κ2) is 12.6. The summed E-state index contributed by atoms with van der Waals surface area (Å²) in [6, 6.07) is 12.0. The first kappa shape index (κ1) is 23.3. The minimum Gasteiger partial charge on any atom is -0.493 e. The fraction of sp³-hybridized carbons (Fsp3) is 0.435. The highest BCUT2D eigenvalue weighted by atomic mass is 16.5. The molecule has 0 heterocycles. The summed E-state index contributed by atoms with van der Waals surface area (Å²) in [5, 5.41) is 6.66. The van der Waals surface area contributed by atoms with Gasteiger partial charge in [-0.15, -0.1) is 0 Å². The fourth-order valence-electron chi connectivity index (χ4n) is 3.00. The molecule has 30 heavy (non-hydrogen) atoms. The average molecular weight is 416 g/mol. The van der Waals surface area contributed by atoms with Gasteiger partial charge >= 0.3 is 0 Å². The third-order valence-corrected chi connectivity index (χ3v) is 4.57. The molecule has 0 aliphatic rings. The highest BCUT2D eigenvalue weighted by molar-refractivity contribution is 5.79. The van der Waals surface area contributed by atoms with Crippen LogP contribution in [0.15, 0.2) is 41.4 Å². The standard InChI is InChI=1S/C23H33N3O4/c1-17-10-11-18(21(14-17)30-13-7-12-27-3)15-25-23(24-2)26-16-19-8-6-9-20(28-4)22(19)29-5/h6,8-11,14H,7,12-13,15-16H2,1-5H3,(H2,24,25,26). The average Bonchev–Trinajstić information content (AvgIpc) is 2.77. The van der Waals surface area contributed by atoms with Crippen LogP contribution in [0.5, 0.6) is 17.2 Å². The van der Waals surface area contributed by atoms with Crippen LogP contribution in [0.25, 0.3) is 0 Å². The Bertz CT molecular complexity index is 824. The minimum absolute atomic E-state index is 0.550. The second-order valence-corrected chi connectivity index (χ2v) is 6.74. The Hall–Kier alpha value is -2.93. The molecule has 7 nitrogen and oxygen atoms in total. The molecule has 0 atom stereocenters. The van der Waals surface area contributed by atoms with Crippen molar-refractivity contribution in [3.63, 3.8) is 0 Å². The molecule has 0 aliphatic heterocycles. The van der Waals surface area contributed by atoms with Gasteiger partial charge in [0.1, 0.15) is 5.75 Å². The van der Waals surface area contributed by atoms with E-state index in [1.807, 2.05) is 18.2 Å². The summed E-state index contributed by atoms with van der Waals surface area (Å²) in [6.45, 7) is 4.50. The zero-order valence-corrected chi connectivity index (χ0v) is 18.6. The Morgan fingerprint density at radius 1 is 0.900 bits per heavy atom. The molecule has 0 unspecified atom stereocenters. The number of guanidine groups is 1. The molecular formula is C23H33N3O4. The smallest absolute Gasteiger partial charge is 0.191 e. The van der Waals surface area contributed by atoms with Crippen molar-refractivity contribution in [1.82, 2.24) is 10.6 Å². The number of methoxy groups -OCH3 is 3. The summed E-state index contributed by atoms with van der Waals surface area (Å²) in [4.78, 5) is 4.31. The van der Waals surface area contributed by atoms with Gasteiger partial charge in [0, 0.05) is 51.4 Å². The third kappa shape index (κ3) is 6.84. The van der Waals surface area contributed by atoms with Crippen LogP contribution in [-0.2, 0) is 17.8 Å². The number of para-hydroxylation sites is 1. The van der Waals surface area contributed by atoms with Crippen molar-refractivity contribution in [2.75, 3.05) is 41.6 Å². The molecule has 0 saturated carbocycles. The van der Waals surface area contributed by atoms with Gasteiger partial charge in [-0.1, -0.05) is 24.3 Å². The van der Waals surface area contributed by atoms with E-state index in [9.17, 15) is 0 Å². The van der Waals surface area contributed by atoms with E-state index in [1.54, 1.807) is 28.4 Å². The fourth-order valence-corrected chi connectivity index (χ4v) is 3.00. The number of rotatable bonds is 11. The highest BCUT2D eigenvalue weighted by Gasteiger charge is 2.10. The maximum atomic E-state index is 5.96. The van der Waals surface area contributed by atoms with E-state index in [4.69, 9.17) is 18.9 Å². The predicted molar refractivity (Wildman–Crippen MR) is 120 cm³/mol. The maximum Gasteiger partial charge on any atom is 0.191 e. The number of hydrogen-bond acceptors (Lipinski definition) is 5. The van der Waals surface area contributed by atoms with Crippen molar-refractivity contribution in [3.8, 4) is 17.2 Å². The minimum atomic E-state index is 0.550. The van der Waals surface area contributed by atoms with Crippen molar-refractivity contribution in [3.05, 3.63) is 53.1 Å². The van der Waals surface area contributed by atoms with Gasteiger partial charge in [-0.05, 0) is 24.6 Å². The number of benzene rings is 2. The molecule has 0 spiro atoms. The largest absolute Gasteiger partial charge is 0.493 e. The van der Waals surface area contributed by atoms with Gasteiger partial charge in [0.05, 0.1) is 20.8 Å². The number of nitrogens with one attached hydrogen (secondary N) is 2. The number of nitrogens with zero attached hydrogens (tertiary/aromatic N) is 1. The van der Waals surface area contributed by atoms with Crippen LogP contribution >= 0.6 is 0 Å². The zero-order valence-electron chi connectivity index (χ0n) is 18.6. The molecule has 2 rings (SSSR count). The van der Waals surface area contributed by atoms with Crippen LogP contribution in [0.4, 0.5) is 0 Å². The van der Waals surface area contributed by atoms with Crippen LogP contribution in [-0.4, -0.2) is 47.6 Å². The lowest BCUT2D eigenvalue weighted by Gasteiger charge is -2.17. The molecule has 2 aromatic rings. The lowest BCUT2D eigenvalue weighted by atomic mass is 10.1. The number of aliphatic imine (C=N–C) groups is 1. The lowest BCUT2D eigenvalue weighted by molar-refractivity contribution is 0.171. The van der Waals surface area contributed by atoms with Crippen molar-refractivity contribution >= 4 is 5.96 Å². The molecule has 0 aliphatic carbocycles. The van der Waals surface area contributed by atoms with Gasteiger partial charge in [0.15, 0.2) is 17.5 Å². The van der Waals surface area contributed by atoms with E-state index in [2.05, 4.69) is 40.7 Å². The number of aryl methyl sites for hydroxylation is 1. The summed E-state index contributed by atoms with van der Waals surface area (Å²) >= 11 is 0. The van der Waals surface area contributed by atoms with Crippen molar-refractivity contribution < 1.29 is 18.9 Å². The molecule has 0 bridgehead atoms. The summed E-state index contributed by atoms with van der Waals surface area (Å²) < 4.78 is 21.9. The Morgan fingerprint density at radius 2 is 1.67 bits per heavy atom. The van der Waals surface area contributed by atoms with E-state index in [-0.39, 0.29) is 0 Å². The molecule has 7 heteroatoms. The van der Waals surface area contributed by atoms with Crippen molar-refractivity contribution in [2.45, 2.75) is 26.4 Å². The highest BCUT2D eigenvalue weighted by Crippen LogP contribution is 2.30. The van der Waals surface area contributed by atoms with E-state index in [1.165, 1.54) is 0 Å². The second-order valence-electron chi connectivity index (χ2n) is 6.74. The van der Waals surface area contributed by atoms with Gasteiger partial charge in [-0.3, -0.25) is 4.99 Å².